The Labute approximate surface area is 192 Å². The van der Waals surface area contributed by atoms with E-state index in [1.807, 2.05) is 24.8 Å². The molecule has 2 aliphatic rings. The highest BCUT2D eigenvalue weighted by atomic mass is 79.9. The van der Waals surface area contributed by atoms with Crippen LogP contribution in [0.5, 0.6) is 0 Å². The first kappa shape index (κ1) is 23.6. The number of amides is 1. The van der Waals surface area contributed by atoms with Gasteiger partial charge in [0.05, 0.1) is 16.7 Å². The summed E-state index contributed by atoms with van der Waals surface area (Å²) in [6.45, 7) is 10.5. The smallest absolute Gasteiger partial charge is 0.219 e. The van der Waals surface area contributed by atoms with Crippen LogP contribution in [-0.2, 0) is 4.79 Å². The number of pyridine rings is 1. The fraction of sp³-hybridized carbons (Fsp3) is 0.609. The second-order valence-corrected chi connectivity index (χ2v) is 8.78. The van der Waals surface area contributed by atoms with Crippen molar-refractivity contribution >= 4 is 38.6 Å². The van der Waals surface area contributed by atoms with Crippen molar-refractivity contribution in [3.63, 3.8) is 0 Å². The third-order valence-corrected chi connectivity index (χ3v) is 7.06. The van der Waals surface area contributed by atoms with Crippen LogP contribution < -0.4 is 5.32 Å². The van der Waals surface area contributed by atoms with Crippen LogP contribution in [0.3, 0.4) is 0 Å². The second kappa shape index (κ2) is 10.5. The van der Waals surface area contributed by atoms with Crippen molar-refractivity contribution in [3.8, 4) is 6.07 Å². The molecule has 8 heteroatoms. The molecule has 1 saturated carbocycles. The summed E-state index contributed by atoms with van der Waals surface area (Å²) in [5.74, 6) is 1.27. The predicted octanol–water partition coefficient (Wildman–Crippen LogP) is 4.76. The third-order valence-electron chi connectivity index (χ3n) is 6.26. The number of likely N-dealkylation sites (N-methyl/N-ethyl adjacent to an activating group) is 1. The molecule has 1 saturated heterocycles. The molecule has 2 fully saturated rings. The van der Waals surface area contributed by atoms with E-state index in [9.17, 15) is 4.79 Å². The average Bonchev–Trinajstić information content (AvgIpc) is 3.19. The summed E-state index contributed by atoms with van der Waals surface area (Å²) in [5.41, 5.74) is 0.613. The molecule has 2 aromatic heterocycles. The molecular weight excluding hydrogens is 458 g/mol. The fourth-order valence-electron chi connectivity index (χ4n) is 4.64. The maximum absolute atomic E-state index is 11.7. The molecule has 1 aliphatic carbocycles. The molecule has 4 rings (SSSR count). The molecule has 168 valence electrons. The number of nitriles is 1. The maximum Gasteiger partial charge on any atom is 0.219 e. The molecule has 1 amide bonds. The van der Waals surface area contributed by atoms with Gasteiger partial charge >= 0.3 is 0 Å². The van der Waals surface area contributed by atoms with Gasteiger partial charge < -0.3 is 14.6 Å². The third kappa shape index (κ3) is 5.04. The Morgan fingerprint density at radius 2 is 2.03 bits per heavy atom. The van der Waals surface area contributed by atoms with E-state index in [4.69, 9.17) is 9.68 Å². The minimum atomic E-state index is 0.180. The summed E-state index contributed by atoms with van der Waals surface area (Å²) in [5, 5.41) is 13.5. The highest BCUT2D eigenvalue weighted by Crippen LogP contribution is 2.34. The lowest BCUT2D eigenvalue weighted by atomic mass is 9.87. The van der Waals surface area contributed by atoms with Crippen LogP contribution in [0.4, 0.5) is 5.82 Å². The van der Waals surface area contributed by atoms with Crippen LogP contribution in [0.25, 0.3) is 11.0 Å². The van der Waals surface area contributed by atoms with Gasteiger partial charge in [0, 0.05) is 50.1 Å². The Bertz CT molecular complexity index is 939. The van der Waals surface area contributed by atoms with Gasteiger partial charge in [-0.05, 0) is 48.5 Å². The number of nitrogens with zero attached hydrogens (tertiary/aromatic N) is 4. The largest absolute Gasteiger partial charge is 0.444 e. The molecular formula is C23H32BrN5O2. The number of carbonyl (C=O) groups is 1. The molecule has 3 heterocycles. The van der Waals surface area contributed by atoms with Gasteiger partial charge in [-0.3, -0.25) is 9.69 Å². The monoisotopic (exact) mass is 489 g/mol. The van der Waals surface area contributed by atoms with Gasteiger partial charge in [0.2, 0.25) is 11.7 Å². The Morgan fingerprint density at radius 3 is 2.61 bits per heavy atom. The summed E-state index contributed by atoms with van der Waals surface area (Å²) in [4.78, 5) is 20.7. The van der Waals surface area contributed by atoms with Gasteiger partial charge in [0.1, 0.15) is 11.9 Å². The van der Waals surface area contributed by atoms with Crippen LogP contribution in [-0.4, -0.2) is 58.5 Å². The van der Waals surface area contributed by atoms with Crippen molar-refractivity contribution in [3.05, 3.63) is 22.5 Å². The van der Waals surface area contributed by atoms with E-state index in [0.29, 0.717) is 29.5 Å². The summed E-state index contributed by atoms with van der Waals surface area (Å²) in [6, 6.07) is 5.15. The van der Waals surface area contributed by atoms with E-state index in [2.05, 4.69) is 38.1 Å². The van der Waals surface area contributed by atoms with Crippen LogP contribution in [0.1, 0.15) is 59.1 Å². The van der Waals surface area contributed by atoms with Crippen molar-refractivity contribution in [2.24, 2.45) is 0 Å². The number of hydrogen-bond acceptors (Lipinski definition) is 6. The quantitative estimate of drug-likeness (QED) is 0.651. The zero-order chi connectivity index (χ0) is 22.5. The zero-order valence-electron chi connectivity index (χ0n) is 18.8. The van der Waals surface area contributed by atoms with Gasteiger partial charge in [-0.25, -0.2) is 4.98 Å². The number of halogens is 1. The topological polar surface area (TPSA) is 85.4 Å². The highest BCUT2D eigenvalue weighted by Gasteiger charge is 2.37. The number of carbonyl (C=O) groups excluding carboxylic acids is 1. The van der Waals surface area contributed by atoms with Crippen molar-refractivity contribution < 1.29 is 9.21 Å². The Hall–Kier alpha value is -2.11. The molecule has 2 aromatic rings. The van der Waals surface area contributed by atoms with Crippen molar-refractivity contribution in [1.82, 2.24) is 14.8 Å². The molecule has 0 atom stereocenters. The Balaban J connectivity index is 0.00000132. The van der Waals surface area contributed by atoms with E-state index < -0.39 is 0 Å². The molecule has 0 spiro atoms. The second-order valence-electron chi connectivity index (χ2n) is 7.98. The molecule has 0 unspecified atom stereocenters. The minimum absolute atomic E-state index is 0.180. The lowest BCUT2D eigenvalue weighted by molar-refractivity contribution is -0.135. The van der Waals surface area contributed by atoms with Gasteiger partial charge in [0.15, 0.2) is 5.58 Å². The van der Waals surface area contributed by atoms with E-state index in [1.165, 1.54) is 0 Å². The molecule has 7 nitrogen and oxygen atoms in total. The summed E-state index contributed by atoms with van der Waals surface area (Å²) >= 11 is 3.61. The molecule has 1 N–H and O–H groups in total. The number of furan rings is 1. The van der Waals surface area contributed by atoms with Crippen molar-refractivity contribution in [1.29, 1.82) is 5.26 Å². The number of anilines is 1. The number of fused-ring (bicyclic) bond motifs is 1. The lowest BCUT2D eigenvalue weighted by Crippen LogP contribution is -2.63. The number of rotatable bonds is 5. The van der Waals surface area contributed by atoms with Gasteiger partial charge in [-0.2, -0.15) is 5.26 Å². The highest BCUT2D eigenvalue weighted by molar-refractivity contribution is 9.10. The van der Waals surface area contributed by atoms with Crippen molar-refractivity contribution in [2.45, 2.75) is 71.5 Å². The molecule has 0 radical (unpaired) electrons. The lowest BCUT2D eigenvalue weighted by Gasteiger charge is -2.50. The maximum atomic E-state index is 11.7. The van der Waals surface area contributed by atoms with Gasteiger partial charge in [0.25, 0.3) is 0 Å². The Morgan fingerprint density at radius 1 is 1.35 bits per heavy atom. The average molecular weight is 490 g/mol. The van der Waals surface area contributed by atoms with Gasteiger partial charge in [-0.15, -0.1) is 0 Å². The molecule has 1 aliphatic heterocycles. The van der Waals surface area contributed by atoms with Gasteiger partial charge in [-0.1, -0.05) is 13.8 Å². The standard InChI is InChI=1S/C21H26BrN5O2.C2H6/c1-3-27(13(2)28)16-11-26(12-16)15-6-4-14(5-7-15)25-21-20(22)18-8-17(9-23)29-19(18)10-24-21;1-2/h8,10,14-16H,3-7,11-12H2,1-2H3,(H,24,25);1-2H3. The number of nitrogens with one attached hydrogen (secondary N) is 1. The van der Waals surface area contributed by atoms with Crippen LogP contribution in [0.15, 0.2) is 21.2 Å². The Kier molecular flexibility index (Phi) is 7.95. The number of hydrogen-bond donors (Lipinski definition) is 1. The van der Waals surface area contributed by atoms with E-state index >= 15 is 0 Å². The number of aromatic nitrogens is 1. The minimum Gasteiger partial charge on any atom is -0.444 e. The number of likely N-dealkylation sites (tertiary alicyclic amines) is 1. The summed E-state index contributed by atoms with van der Waals surface area (Å²) in [7, 11) is 0. The first-order valence-corrected chi connectivity index (χ1v) is 12.0. The van der Waals surface area contributed by atoms with Crippen LogP contribution in [0.2, 0.25) is 0 Å². The first-order chi connectivity index (χ1) is 15.0. The summed E-state index contributed by atoms with van der Waals surface area (Å²) < 4.78 is 6.28. The van der Waals surface area contributed by atoms with E-state index in [0.717, 1.165) is 61.0 Å². The van der Waals surface area contributed by atoms with Crippen LogP contribution >= 0.6 is 15.9 Å². The zero-order valence-corrected chi connectivity index (χ0v) is 20.4. The fourth-order valence-corrected chi connectivity index (χ4v) is 5.16. The van der Waals surface area contributed by atoms with E-state index in [-0.39, 0.29) is 5.91 Å². The molecule has 0 bridgehead atoms. The van der Waals surface area contributed by atoms with Crippen LogP contribution in [0, 0.1) is 11.3 Å². The molecule has 31 heavy (non-hydrogen) atoms. The van der Waals surface area contributed by atoms with E-state index in [1.54, 1.807) is 19.2 Å². The van der Waals surface area contributed by atoms with Crippen molar-refractivity contribution in [2.75, 3.05) is 25.0 Å². The first-order valence-electron chi connectivity index (χ1n) is 11.3. The SMILES string of the molecule is CC.CCN(C(C)=O)C1CN(C2CCC(Nc3ncc4oc(C#N)cc4c3Br)CC2)C1. The predicted molar refractivity (Wildman–Crippen MR) is 126 cm³/mol. The molecule has 0 aromatic carbocycles. The normalized spacial score (nSPS) is 21.5. The summed E-state index contributed by atoms with van der Waals surface area (Å²) in [6.07, 6.45) is 6.17.